The lowest BCUT2D eigenvalue weighted by molar-refractivity contribution is 0.167. The van der Waals surface area contributed by atoms with E-state index >= 15 is 0 Å². The summed E-state index contributed by atoms with van der Waals surface area (Å²) in [4.78, 5) is 3.75. The molecule has 0 aliphatic carbocycles. The molecule has 5 N–H and O–H groups in total. The second-order valence-corrected chi connectivity index (χ2v) is 4.22. The molecule has 0 fully saturated rings. The number of aliphatic hydroxyl groups is 1. The lowest BCUT2D eigenvalue weighted by atomic mass is 10.1. The van der Waals surface area contributed by atoms with Gasteiger partial charge < -0.3 is 26.0 Å². The van der Waals surface area contributed by atoms with Crippen LogP contribution in [0.3, 0.4) is 0 Å². The van der Waals surface area contributed by atoms with Gasteiger partial charge >= 0.3 is 0 Å². The lowest BCUT2D eigenvalue weighted by Crippen LogP contribution is -2.23. The summed E-state index contributed by atoms with van der Waals surface area (Å²) >= 11 is 6.05. The van der Waals surface area contributed by atoms with Crippen molar-refractivity contribution in [1.29, 1.82) is 0 Å². The van der Waals surface area contributed by atoms with Gasteiger partial charge in [-0.05, 0) is 17.7 Å². The maximum atomic E-state index is 9.92. The van der Waals surface area contributed by atoms with Crippen LogP contribution < -0.4 is 20.9 Å². The zero-order valence-corrected chi connectivity index (χ0v) is 13.1. The fourth-order valence-electron chi connectivity index (χ4n) is 1.62. The third-order valence-electron chi connectivity index (χ3n) is 2.45. The molecule has 106 valence electrons. The minimum Gasteiger partial charge on any atom is -0.486 e. The summed E-state index contributed by atoms with van der Waals surface area (Å²) in [6.45, 7) is 0.984. The van der Waals surface area contributed by atoms with Gasteiger partial charge in [-0.3, -0.25) is 4.99 Å². The first-order valence-corrected chi connectivity index (χ1v) is 5.78. The Bertz CT molecular complexity index is 480. The van der Waals surface area contributed by atoms with Crippen molar-refractivity contribution in [2.24, 2.45) is 16.5 Å². The number of nitrogens with zero attached hydrogens (tertiary/aromatic N) is 1. The molecule has 1 unspecified atom stereocenters. The fraction of sp³-hybridized carbons (Fsp3) is 0.364. The van der Waals surface area contributed by atoms with Crippen molar-refractivity contribution in [2.45, 2.75) is 6.10 Å². The molecule has 1 heterocycles. The average molecular weight is 400 g/mol. The Morgan fingerprint density at radius 2 is 2.05 bits per heavy atom. The largest absolute Gasteiger partial charge is 0.486 e. The van der Waals surface area contributed by atoms with Crippen molar-refractivity contribution >= 4 is 41.5 Å². The molecule has 0 bridgehead atoms. The van der Waals surface area contributed by atoms with Gasteiger partial charge in [-0.25, -0.2) is 0 Å². The van der Waals surface area contributed by atoms with Crippen LogP contribution in [-0.2, 0) is 0 Å². The van der Waals surface area contributed by atoms with E-state index in [4.69, 9.17) is 32.5 Å². The highest BCUT2D eigenvalue weighted by molar-refractivity contribution is 14.0. The normalized spacial score (nSPS) is 14.2. The van der Waals surface area contributed by atoms with Crippen LogP contribution in [0.4, 0.5) is 0 Å². The second-order valence-electron chi connectivity index (χ2n) is 3.81. The second kappa shape index (κ2) is 7.01. The quantitative estimate of drug-likeness (QED) is 0.400. The molecule has 0 amide bonds. The van der Waals surface area contributed by atoms with Gasteiger partial charge in [-0.15, -0.1) is 24.0 Å². The van der Waals surface area contributed by atoms with Crippen molar-refractivity contribution in [2.75, 3.05) is 19.8 Å². The molecule has 1 aliphatic heterocycles. The van der Waals surface area contributed by atoms with E-state index in [-0.39, 0.29) is 36.5 Å². The molecule has 1 aliphatic rings. The van der Waals surface area contributed by atoms with Crippen molar-refractivity contribution in [3.8, 4) is 11.5 Å². The summed E-state index contributed by atoms with van der Waals surface area (Å²) in [5.41, 5.74) is 11.0. The minimum atomic E-state index is -0.847. The molecule has 0 spiro atoms. The van der Waals surface area contributed by atoms with Crippen molar-refractivity contribution in [3.05, 3.63) is 22.7 Å². The third-order valence-corrected chi connectivity index (χ3v) is 2.73. The van der Waals surface area contributed by atoms with Crippen LogP contribution in [0.2, 0.25) is 5.02 Å². The molecule has 0 aromatic heterocycles. The number of ether oxygens (including phenoxy) is 2. The lowest BCUT2D eigenvalue weighted by Gasteiger charge is -2.21. The Morgan fingerprint density at radius 3 is 2.74 bits per heavy atom. The van der Waals surface area contributed by atoms with Crippen LogP contribution in [0.15, 0.2) is 17.1 Å². The monoisotopic (exact) mass is 399 g/mol. The van der Waals surface area contributed by atoms with Crippen LogP contribution in [0.5, 0.6) is 11.5 Å². The Morgan fingerprint density at radius 1 is 1.37 bits per heavy atom. The molecule has 0 radical (unpaired) electrons. The zero-order chi connectivity index (χ0) is 13.1. The summed E-state index contributed by atoms with van der Waals surface area (Å²) in [7, 11) is 0. The van der Waals surface area contributed by atoms with Crippen LogP contribution in [-0.4, -0.2) is 30.8 Å². The Labute approximate surface area is 132 Å². The zero-order valence-electron chi connectivity index (χ0n) is 10.0. The van der Waals surface area contributed by atoms with Gasteiger partial charge in [0.05, 0.1) is 17.7 Å². The first-order chi connectivity index (χ1) is 8.58. The van der Waals surface area contributed by atoms with E-state index in [0.29, 0.717) is 35.3 Å². The first kappa shape index (κ1) is 16.1. The van der Waals surface area contributed by atoms with Gasteiger partial charge in [0.2, 0.25) is 0 Å². The molecule has 0 saturated heterocycles. The summed E-state index contributed by atoms with van der Waals surface area (Å²) in [6, 6.07) is 3.29. The van der Waals surface area contributed by atoms with E-state index in [9.17, 15) is 5.11 Å². The van der Waals surface area contributed by atoms with E-state index in [1.165, 1.54) is 0 Å². The highest BCUT2D eigenvalue weighted by Gasteiger charge is 2.19. The molecular formula is C11H15ClIN3O3. The van der Waals surface area contributed by atoms with E-state index in [0.717, 1.165) is 0 Å². The van der Waals surface area contributed by atoms with E-state index in [1.54, 1.807) is 12.1 Å². The summed E-state index contributed by atoms with van der Waals surface area (Å²) < 4.78 is 10.8. The van der Waals surface area contributed by atoms with Crippen LogP contribution in [0, 0.1) is 0 Å². The first-order valence-electron chi connectivity index (χ1n) is 5.40. The topological polar surface area (TPSA) is 103 Å². The van der Waals surface area contributed by atoms with E-state index < -0.39 is 6.10 Å². The van der Waals surface area contributed by atoms with E-state index in [2.05, 4.69) is 4.99 Å². The SMILES string of the molecule is I.NC(N)=NCC(O)c1cc(Cl)c2c(c1)OCCO2. The molecule has 1 aromatic carbocycles. The molecule has 1 aromatic rings. The maximum Gasteiger partial charge on any atom is 0.186 e. The smallest absolute Gasteiger partial charge is 0.186 e. The minimum absolute atomic E-state index is 0. The fourth-order valence-corrected chi connectivity index (χ4v) is 1.89. The van der Waals surface area contributed by atoms with Crippen molar-refractivity contribution < 1.29 is 14.6 Å². The number of halogens is 2. The molecule has 1 atom stereocenters. The van der Waals surface area contributed by atoms with Crippen molar-refractivity contribution in [1.82, 2.24) is 0 Å². The van der Waals surface area contributed by atoms with Gasteiger partial charge in [-0.1, -0.05) is 11.6 Å². The number of hydrogen-bond donors (Lipinski definition) is 3. The Hall–Kier alpha value is -0.930. The molecule has 19 heavy (non-hydrogen) atoms. The number of hydrogen-bond acceptors (Lipinski definition) is 4. The Balaban J connectivity index is 0.00000180. The highest BCUT2D eigenvalue weighted by atomic mass is 127. The predicted molar refractivity (Wildman–Crippen MR) is 83.5 cm³/mol. The van der Waals surface area contributed by atoms with Crippen LogP contribution >= 0.6 is 35.6 Å². The van der Waals surface area contributed by atoms with Gasteiger partial charge in [0.1, 0.15) is 13.2 Å². The number of aliphatic hydroxyl groups excluding tert-OH is 1. The maximum absolute atomic E-state index is 9.92. The van der Waals surface area contributed by atoms with Gasteiger partial charge in [0.25, 0.3) is 0 Å². The predicted octanol–water partition coefficient (Wildman–Crippen LogP) is 1.04. The molecule has 6 nitrogen and oxygen atoms in total. The standard InChI is InChI=1S/C11H14ClN3O3.HI/c12-7-3-6(8(16)5-15-11(13)14)4-9-10(7)18-2-1-17-9;/h3-4,8,16H,1-2,5H2,(H4,13,14,15);1H. The van der Waals surface area contributed by atoms with Gasteiger partial charge in [-0.2, -0.15) is 0 Å². The van der Waals surface area contributed by atoms with Crippen LogP contribution in [0.25, 0.3) is 0 Å². The summed E-state index contributed by atoms with van der Waals surface area (Å²) in [5, 5.41) is 10.3. The number of fused-ring (bicyclic) bond motifs is 1. The third kappa shape index (κ3) is 4.02. The number of nitrogens with two attached hydrogens (primary N) is 2. The number of aliphatic imine (C=N–C) groups is 1. The average Bonchev–Trinajstić information content (AvgIpc) is 2.36. The number of benzene rings is 1. The molecule has 2 rings (SSSR count). The van der Waals surface area contributed by atoms with Gasteiger partial charge in [0.15, 0.2) is 17.5 Å². The summed E-state index contributed by atoms with van der Waals surface area (Å²) in [5.74, 6) is 0.950. The molecule has 0 saturated carbocycles. The van der Waals surface area contributed by atoms with E-state index in [1.807, 2.05) is 0 Å². The highest BCUT2D eigenvalue weighted by Crippen LogP contribution is 2.39. The Kier molecular flexibility index (Phi) is 5.95. The summed E-state index contributed by atoms with van der Waals surface area (Å²) in [6.07, 6.45) is -0.847. The van der Waals surface area contributed by atoms with Crippen molar-refractivity contribution in [3.63, 3.8) is 0 Å². The van der Waals surface area contributed by atoms with Crippen LogP contribution in [0.1, 0.15) is 11.7 Å². The number of rotatable bonds is 3. The molecule has 8 heteroatoms. The van der Waals surface area contributed by atoms with Gasteiger partial charge in [0, 0.05) is 0 Å². The molecular weight excluding hydrogens is 384 g/mol. The number of guanidine groups is 1.